The number of benzene rings is 1. The van der Waals surface area contributed by atoms with Gasteiger partial charge in [-0.3, -0.25) is 4.68 Å². The third-order valence-electron chi connectivity index (χ3n) is 3.11. The number of hydrogen-bond acceptors (Lipinski definition) is 2. The summed E-state index contributed by atoms with van der Waals surface area (Å²) >= 11 is 17.2. The second-order valence-corrected chi connectivity index (χ2v) is 6.26. The molecule has 0 saturated carbocycles. The summed E-state index contributed by atoms with van der Waals surface area (Å²) in [5.41, 5.74) is 2.95. The number of anilines is 1. The molecule has 118 valence electrons. The van der Waals surface area contributed by atoms with Crippen molar-refractivity contribution in [3.05, 3.63) is 45.7 Å². The van der Waals surface area contributed by atoms with E-state index >= 15 is 0 Å². The molecule has 0 atom stereocenters. The van der Waals surface area contributed by atoms with Gasteiger partial charge in [0.25, 0.3) is 0 Å². The predicted molar refractivity (Wildman–Crippen MR) is 97.0 cm³/mol. The lowest BCUT2D eigenvalue weighted by Gasteiger charge is -2.12. The van der Waals surface area contributed by atoms with E-state index in [-0.39, 0.29) is 0 Å². The lowest BCUT2D eigenvalue weighted by Crippen LogP contribution is -2.30. The molecule has 1 aromatic heterocycles. The summed E-state index contributed by atoms with van der Waals surface area (Å²) in [4.78, 5) is 0. The highest BCUT2D eigenvalue weighted by Crippen LogP contribution is 2.25. The van der Waals surface area contributed by atoms with Gasteiger partial charge in [0.1, 0.15) is 0 Å². The molecule has 7 heteroatoms. The summed E-state index contributed by atoms with van der Waals surface area (Å²) < 4.78 is 2.00. The normalized spacial score (nSPS) is 10.5. The smallest absolute Gasteiger partial charge is 0.170 e. The second kappa shape index (κ2) is 7.81. The van der Waals surface area contributed by atoms with E-state index in [0.29, 0.717) is 15.2 Å². The van der Waals surface area contributed by atoms with Crippen LogP contribution in [0.5, 0.6) is 0 Å². The lowest BCUT2D eigenvalue weighted by molar-refractivity contribution is 0.558. The molecule has 22 heavy (non-hydrogen) atoms. The molecule has 0 saturated heterocycles. The molecule has 0 amide bonds. The molecule has 1 heterocycles. The summed E-state index contributed by atoms with van der Waals surface area (Å²) in [6, 6.07) is 7.31. The minimum Gasteiger partial charge on any atom is -0.362 e. The van der Waals surface area contributed by atoms with Gasteiger partial charge in [-0.2, -0.15) is 5.10 Å². The van der Waals surface area contributed by atoms with E-state index in [1.165, 1.54) is 5.69 Å². The molecule has 2 N–H and O–H groups in total. The van der Waals surface area contributed by atoms with Crippen molar-refractivity contribution in [2.45, 2.75) is 26.8 Å². The summed E-state index contributed by atoms with van der Waals surface area (Å²) in [5, 5.41) is 12.3. The van der Waals surface area contributed by atoms with Crippen molar-refractivity contribution in [3.63, 3.8) is 0 Å². The Morgan fingerprint density at radius 2 is 2.05 bits per heavy atom. The van der Waals surface area contributed by atoms with Crippen LogP contribution in [0.15, 0.2) is 24.3 Å². The van der Waals surface area contributed by atoms with Gasteiger partial charge in [-0.05, 0) is 56.8 Å². The third-order valence-corrected chi connectivity index (χ3v) is 3.91. The van der Waals surface area contributed by atoms with Crippen molar-refractivity contribution >= 4 is 46.2 Å². The molecule has 0 bridgehead atoms. The van der Waals surface area contributed by atoms with Crippen molar-refractivity contribution in [3.8, 4) is 0 Å². The van der Waals surface area contributed by atoms with Crippen molar-refractivity contribution in [1.29, 1.82) is 0 Å². The Morgan fingerprint density at radius 1 is 1.27 bits per heavy atom. The molecule has 1 aromatic carbocycles. The van der Waals surface area contributed by atoms with Crippen molar-refractivity contribution < 1.29 is 0 Å². The molecule has 0 aliphatic heterocycles. The standard InChI is InChI=1S/C15H18Cl2N4S/c1-10-8-11(2)21(20-10)7-3-6-18-15(22)19-14-5-4-12(16)9-13(14)17/h4-5,8-9H,3,6-7H2,1-2H3,(H2,18,19,22). The molecule has 2 rings (SSSR count). The number of hydrogen-bond donors (Lipinski definition) is 2. The van der Waals surface area contributed by atoms with E-state index in [9.17, 15) is 0 Å². The topological polar surface area (TPSA) is 41.9 Å². The first-order chi connectivity index (χ1) is 10.5. The minimum absolute atomic E-state index is 0.539. The Kier molecular flexibility index (Phi) is 6.06. The summed E-state index contributed by atoms with van der Waals surface area (Å²) in [7, 11) is 0. The number of rotatable bonds is 5. The van der Waals surface area contributed by atoms with Gasteiger partial charge in [0.2, 0.25) is 0 Å². The fourth-order valence-electron chi connectivity index (χ4n) is 2.09. The van der Waals surface area contributed by atoms with Gasteiger partial charge in [0.15, 0.2) is 5.11 Å². The molecule has 0 unspecified atom stereocenters. The number of thiocarbonyl (C=S) groups is 1. The van der Waals surface area contributed by atoms with E-state index in [1.54, 1.807) is 18.2 Å². The maximum absolute atomic E-state index is 6.09. The first-order valence-corrected chi connectivity index (χ1v) is 8.13. The lowest BCUT2D eigenvalue weighted by atomic mass is 10.3. The van der Waals surface area contributed by atoms with Gasteiger partial charge in [-0.25, -0.2) is 0 Å². The molecule has 0 spiro atoms. The fourth-order valence-corrected chi connectivity index (χ4v) is 2.76. The van der Waals surface area contributed by atoms with Crippen molar-refractivity contribution in [2.24, 2.45) is 0 Å². The molecule has 4 nitrogen and oxygen atoms in total. The second-order valence-electron chi connectivity index (χ2n) is 5.01. The highest BCUT2D eigenvalue weighted by Gasteiger charge is 2.04. The quantitative estimate of drug-likeness (QED) is 0.622. The van der Waals surface area contributed by atoms with Gasteiger partial charge in [-0.15, -0.1) is 0 Å². The fraction of sp³-hybridized carbons (Fsp3) is 0.333. The predicted octanol–water partition coefficient (Wildman–Crippen LogP) is 4.18. The first kappa shape index (κ1) is 17.1. The zero-order valence-corrected chi connectivity index (χ0v) is 14.8. The maximum Gasteiger partial charge on any atom is 0.170 e. The van der Waals surface area contributed by atoms with E-state index in [2.05, 4.69) is 28.7 Å². The van der Waals surface area contributed by atoms with Crippen LogP contribution < -0.4 is 10.6 Å². The number of halogens is 2. The maximum atomic E-state index is 6.09. The zero-order chi connectivity index (χ0) is 16.1. The van der Waals surface area contributed by atoms with Crippen molar-refractivity contribution in [2.75, 3.05) is 11.9 Å². The zero-order valence-electron chi connectivity index (χ0n) is 12.5. The first-order valence-electron chi connectivity index (χ1n) is 6.96. The Bertz CT molecular complexity index is 670. The van der Waals surface area contributed by atoms with Gasteiger partial charge < -0.3 is 10.6 Å². The summed E-state index contributed by atoms with van der Waals surface area (Å²) in [6.45, 7) is 5.67. The molecule has 2 aromatic rings. The monoisotopic (exact) mass is 356 g/mol. The molecule has 0 aliphatic carbocycles. The van der Waals surface area contributed by atoms with Crippen LogP contribution >= 0.6 is 35.4 Å². The molecule has 0 radical (unpaired) electrons. The number of aryl methyl sites for hydroxylation is 3. The van der Waals surface area contributed by atoms with E-state index < -0.39 is 0 Å². The number of aromatic nitrogens is 2. The molecule has 0 fully saturated rings. The molecular weight excluding hydrogens is 339 g/mol. The van der Waals surface area contributed by atoms with Gasteiger partial charge in [-0.1, -0.05) is 23.2 Å². The van der Waals surface area contributed by atoms with Crippen LogP contribution in [-0.2, 0) is 6.54 Å². The SMILES string of the molecule is Cc1cc(C)n(CCCNC(=S)Nc2ccc(Cl)cc2Cl)n1. The highest BCUT2D eigenvalue weighted by atomic mass is 35.5. The summed E-state index contributed by atoms with van der Waals surface area (Å²) in [6.07, 6.45) is 0.929. The van der Waals surface area contributed by atoms with E-state index in [4.69, 9.17) is 35.4 Å². The Morgan fingerprint density at radius 3 is 2.68 bits per heavy atom. The van der Waals surface area contributed by atoms with E-state index in [0.717, 1.165) is 30.9 Å². The molecular formula is C15H18Cl2N4S. The van der Waals surface area contributed by atoms with E-state index in [1.807, 2.05) is 11.6 Å². The van der Waals surface area contributed by atoms with Crippen LogP contribution in [0, 0.1) is 13.8 Å². The Hall–Kier alpha value is -1.30. The van der Waals surface area contributed by atoms with Crippen LogP contribution in [0.3, 0.4) is 0 Å². The summed E-state index contributed by atoms with van der Waals surface area (Å²) in [5.74, 6) is 0. The van der Waals surface area contributed by atoms with Crippen molar-refractivity contribution in [1.82, 2.24) is 15.1 Å². The highest BCUT2D eigenvalue weighted by molar-refractivity contribution is 7.80. The third kappa shape index (κ3) is 4.87. The van der Waals surface area contributed by atoms with Crippen LogP contribution in [0.2, 0.25) is 10.0 Å². The van der Waals surface area contributed by atoms with Crippen LogP contribution in [0.25, 0.3) is 0 Å². The Labute approximate surface area is 145 Å². The average molecular weight is 357 g/mol. The average Bonchev–Trinajstić information content (AvgIpc) is 2.76. The molecule has 0 aliphatic rings. The largest absolute Gasteiger partial charge is 0.362 e. The Balaban J connectivity index is 1.75. The number of nitrogens with one attached hydrogen (secondary N) is 2. The number of nitrogens with zero attached hydrogens (tertiary/aromatic N) is 2. The van der Waals surface area contributed by atoms with Gasteiger partial charge >= 0.3 is 0 Å². The van der Waals surface area contributed by atoms with Crippen LogP contribution in [0.1, 0.15) is 17.8 Å². The van der Waals surface area contributed by atoms with Gasteiger partial charge in [0.05, 0.1) is 16.4 Å². The van der Waals surface area contributed by atoms with Gasteiger partial charge in [0, 0.05) is 23.8 Å². The van der Waals surface area contributed by atoms with Crippen LogP contribution in [-0.4, -0.2) is 21.4 Å². The minimum atomic E-state index is 0.539. The van der Waals surface area contributed by atoms with Crippen LogP contribution in [0.4, 0.5) is 5.69 Å².